The minimum atomic E-state index is -0.878. The van der Waals surface area contributed by atoms with Gasteiger partial charge in [0.25, 0.3) is 5.91 Å². The predicted molar refractivity (Wildman–Crippen MR) is 102 cm³/mol. The van der Waals surface area contributed by atoms with Crippen molar-refractivity contribution in [1.82, 2.24) is 4.90 Å². The van der Waals surface area contributed by atoms with Gasteiger partial charge in [0.2, 0.25) is 0 Å². The third-order valence-corrected chi connectivity index (χ3v) is 5.76. The second-order valence-corrected chi connectivity index (χ2v) is 7.85. The highest BCUT2D eigenvalue weighted by molar-refractivity contribution is 6.06. The summed E-state index contributed by atoms with van der Waals surface area (Å²) in [6.45, 7) is 2.29. The van der Waals surface area contributed by atoms with E-state index in [1.54, 1.807) is 14.2 Å². The maximum atomic E-state index is 13.0. The van der Waals surface area contributed by atoms with Crippen molar-refractivity contribution in [1.29, 1.82) is 0 Å². The molecule has 2 atom stereocenters. The first-order valence-electron chi connectivity index (χ1n) is 9.61. The number of guanidine groups is 1. The van der Waals surface area contributed by atoms with Gasteiger partial charge in [-0.05, 0) is 30.9 Å². The molecular formula is C20H31N3O3. The zero-order valence-electron chi connectivity index (χ0n) is 16.2. The first-order chi connectivity index (χ1) is 12.4. The summed E-state index contributed by atoms with van der Waals surface area (Å²) in [4.78, 5) is 19.0. The van der Waals surface area contributed by atoms with Crippen LogP contribution in [-0.4, -0.2) is 49.2 Å². The fourth-order valence-corrected chi connectivity index (χ4v) is 4.32. The molecule has 1 amide bonds. The van der Waals surface area contributed by atoms with Gasteiger partial charge < -0.3 is 15.2 Å². The SMILES string of the molecule is COC1=CC(C)=CC(OCC2(CC3CCCCC3)N=C(N)N(C)C2=O)C1. The lowest BCUT2D eigenvalue weighted by molar-refractivity contribution is -0.134. The van der Waals surface area contributed by atoms with Crippen LogP contribution < -0.4 is 5.73 Å². The molecule has 0 aromatic rings. The first kappa shape index (κ1) is 19.0. The number of nitrogens with two attached hydrogens (primary N) is 1. The molecule has 6 nitrogen and oxygen atoms in total. The Morgan fingerprint density at radius 2 is 2.08 bits per heavy atom. The number of hydrogen-bond acceptors (Lipinski definition) is 5. The van der Waals surface area contributed by atoms with E-state index in [1.807, 2.05) is 13.0 Å². The molecule has 1 aliphatic heterocycles. The lowest BCUT2D eigenvalue weighted by Gasteiger charge is -2.32. The smallest absolute Gasteiger partial charge is 0.259 e. The summed E-state index contributed by atoms with van der Waals surface area (Å²) in [6, 6.07) is 0. The number of likely N-dealkylation sites (N-methyl/N-ethyl adjacent to an activating group) is 1. The van der Waals surface area contributed by atoms with Gasteiger partial charge in [-0.1, -0.05) is 38.2 Å². The highest BCUT2D eigenvalue weighted by atomic mass is 16.5. The molecule has 144 valence electrons. The third kappa shape index (κ3) is 3.95. The van der Waals surface area contributed by atoms with Crippen LogP contribution in [0.1, 0.15) is 51.9 Å². The second-order valence-electron chi connectivity index (χ2n) is 7.85. The number of methoxy groups -OCH3 is 1. The van der Waals surface area contributed by atoms with Crippen LogP contribution in [0, 0.1) is 5.92 Å². The number of aliphatic imine (C=N–C) groups is 1. The number of allylic oxidation sites excluding steroid dienone is 2. The molecule has 0 aromatic heterocycles. The summed E-state index contributed by atoms with van der Waals surface area (Å²) in [5.74, 6) is 1.66. The van der Waals surface area contributed by atoms with Crippen LogP contribution in [0.25, 0.3) is 0 Å². The standard InChI is InChI=1S/C20H31N3O3/c1-14-9-16(25-3)11-17(10-14)26-13-20(12-15-7-5-4-6-8-15)18(24)23(2)19(21)22-20/h9-10,15,17H,4-8,11-13H2,1-3H3,(H2,21,22). The fourth-order valence-electron chi connectivity index (χ4n) is 4.32. The van der Waals surface area contributed by atoms with Crippen molar-refractivity contribution in [2.24, 2.45) is 16.6 Å². The molecule has 1 fully saturated rings. The first-order valence-corrected chi connectivity index (χ1v) is 9.61. The van der Waals surface area contributed by atoms with E-state index in [2.05, 4.69) is 11.1 Å². The van der Waals surface area contributed by atoms with Crippen molar-refractivity contribution in [3.05, 3.63) is 23.5 Å². The van der Waals surface area contributed by atoms with Crippen LogP contribution in [0.3, 0.4) is 0 Å². The van der Waals surface area contributed by atoms with E-state index in [0.29, 0.717) is 18.3 Å². The van der Waals surface area contributed by atoms with Gasteiger partial charge in [0.1, 0.15) is 0 Å². The molecule has 3 aliphatic rings. The van der Waals surface area contributed by atoms with Crippen molar-refractivity contribution in [3.8, 4) is 0 Å². The van der Waals surface area contributed by atoms with Gasteiger partial charge in [-0.2, -0.15) is 0 Å². The topological polar surface area (TPSA) is 77.2 Å². The summed E-state index contributed by atoms with van der Waals surface area (Å²) in [6.07, 6.45) is 11.5. The molecule has 2 aliphatic carbocycles. The van der Waals surface area contributed by atoms with Crippen LogP contribution in [-0.2, 0) is 14.3 Å². The highest BCUT2D eigenvalue weighted by Gasteiger charge is 2.48. The van der Waals surface area contributed by atoms with Crippen molar-refractivity contribution in [2.75, 3.05) is 20.8 Å². The maximum absolute atomic E-state index is 13.0. The molecule has 0 saturated heterocycles. The number of ether oxygens (including phenoxy) is 2. The monoisotopic (exact) mass is 361 g/mol. The zero-order chi connectivity index (χ0) is 18.7. The van der Waals surface area contributed by atoms with E-state index in [0.717, 1.165) is 30.6 Å². The molecule has 3 rings (SSSR count). The number of carbonyl (C=O) groups excluding carboxylic acids is 1. The second kappa shape index (κ2) is 7.82. The van der Waals surface area contributed by atoms with Crippen LogP contribution in [0.15, 0.2) is 28.5 Å². The average Bonchev–Trinajstić information content (AvgIpc) is 2.84. The molecule has 0 spiro atoms. The Labute approximate surface area is 156 Å². The number of rotatable bonds is 6. The number of nitrogens with zero attached hydrogens (tertiary/aromatic N) is 2. The Kier molecular flexibility index (Phi) is 5.70. The van der Waals surface area contributed by atoms with Crippen molar-refractivity contribution < 1.29 is 14.3 Å². The third-order valence-electron chi connectivity index (χ3n) is 5.76. The van der Waals surface area contributed by atoms with Crippen molar-refractivity contribution in [3.63, 3.8) is 0 Å². The summed E-state index contributed by atoms with van der Waals surface area (Å²) >= 11 is 0. The molecule has 1 heterocycles. The minimum absolute atomic E-state index is 0.0420. The van der Waals surface area contributed by atoms with Gasteiger partial charge in [0.15, 0.2) is 11.5 Å². The van der Waals surface area contributed by atoms with Gasteiger partial charge in [0.05, 0.1) is 25.6 Å². The van der Waals surface area contributed by atoms with E-state index >= 15 is 0 Å². The summed E-state index contributed by atoms with van der Waals surface area (Å²) in [5, 5.41) is 0. The Balaban J connectivity index is 1.73. The molecule has 0 bridgehead atoms. The highest BCUT2D eigenvalue weighted by Crippen LogP contribution is 2.36. The van der Waals surface area contributed by atoms with Gasteiger partial charge in [-0.3, -0.25) is 9.69 Å². The Hall–Kier alpha value is -1.82. The lowest BCUT2D eigenvalue weighted by atomic mass is 9.79. The van der Waals surface area contributed by atoms with E-state index in [1.165, 1.54) is 24.2 Å². The molecule has 26 heavy (non-hydrogen) atoms. The van der Waals surface area contributed by atoms with Crippen molar-refractivity contribution in [2.45, 2.75) is 63.5 Å². The van der Waals surface area contributed by atoms with Crippen LogP contribution >= 0.6 is 0 Å². The molecule has 1 saturated carbocycles. The number of hydrogen-bond donors (Lipinski definition) is 1. The van der Waals surface area contributed by atoms with E-state index in [4.69, 9.17) is 15.2 Å². The largest absolute Gasteiger partial charge is 0.501 e. The molecule has 2 unspecified atom stereocenters. The number of amides is 1. The van der Waals surface area contributed by atoms with Crippen LogP contribution in [0.2, 0.25) is 0 Å². The Morgan fingerprint density at radius 3 is 2.69 bits per heavy atom. The van der Waals surface area contributed by atoms with Gasteiger partial charge in [-0.15, -0.1) is 0 Å². The molecule has 0 radical (unpaired) electrons. The molecule has 0 aromatic carbocycles. The van der Waals surface area contributed by atoms with E-state index < -0.39 is 5.54 Å². The summed E-state index contributed by atoms with van der Waals surface area (Å²) < 4.78 is 11.6. The zero-order valence-corrected chi connectivity index (χ0v) is 16.2. The summed E-state index contributed by atoms with van der Waals surface area (Å²) in [7, 11) is 3.37. The normalized spacial score (nSPS) is 30.1. The van der Waals surface area contributed by atoms with Crippen LogP contribution in [0.4, 0.5) is 0 Å². The lowest BCUT2D eigenvalue weighted by Crippen LogP contribution is -2.47. The average molecular weight is 361 g/mol. The quantitative estimate of drug-likeness (QED) is 0.789. The fraction of sp³-hybridized carbons (Fsp3) is 0.700. The Morgan fingerprint density at radius 1 is 1.35 bits per heavy atom. The predicted octanol–water partition coefficient (Wildman–Crippen LogP) is 2.75. The van der Waals surface area contributed by atoms with Gasteiger partial charge in [-0.25, -0.2) is 4.99 Å². The number of carbonyl (C=O) groups is 1. The van der Waals surface area contributed by atoms with E-state index in [-0.39, 0.29) is 18.6 Å². The molecular weight excluding hydrogens is 330 g/mol. The van der Waals surface area contributed by atoms with Crippen molar-refractivity contribution >= 4 is 11.9 Å². The summed E-state index contributed by atoms with van der Waals surface area (Å²) in [5.41, 5.74) is 6.21. The minimum Gasteiger partial charge on any atom is -0.501 e. The van der Waals surface area contributed by atoms with Gasteiger partial charge in [0, 0.05) is 13.5 Å². The van der Waals surface area contributed by atoms with Crippen LogP contribution in [0.5, 0.6) is 0 Å². The Bertz CT molecular complexity index is 634. The van der Waals surface area contributed by atoms with Gasteiger partial charge >= 0.3 is 0 Å². The molecule has 2 N–H and O–H groups in total. The van der Waals surface area contributed by atoms with E-state index in [9.17, 15) is 4.79 Å². The molecule has 6 heteroatoms. The maximum Gasteiger partial charge on any atom is 0.259 e.